The zero-order chi connectivity index (χ0) is 11.9. The number of benzene rings is 1. The topological polar surface area (TPSA) is 34.3 Å². The molecule has 93 valence electrons. The lowest BCUT2D eigenvalue weighted by molar-refractivity contribution is 0.124. The number of aliphatic hydroxyl groups excluding tert-OH is 1. The number of rotatable bonds is 5. The van der Waals surface area contributed by atoms with Crippen LogP contribution in [0.25, 0.3) is 0 Å². The SMILES string of the molecule is OC(CCc1ccccc1)CC1CC[N]CC1. The van der Waals surface area contributed by atoms with Gasteiger partial charge < -0.3 is 5.11 Å². The molecule has 1 heterocycles. The number of aliphatic hydroxyl groups is 1. The van der Waals surface area contributed by atoms with Gasteiger partial charge in [0.05, 0.1) is 6.10 Å². The van der Waals surface area contributed by atoms with Gasteiger partial charge >= 0.3 is 0 Å². The Bertz CT molecular complexity index is 306. The Morgan fingerprint density at radius 3 is 2.59 bits per heavy atom. The van der Waals surface area contributed by atoms with Crippen molar-refractivity contribution in [1.82, 2.24) is 5.32 Å². The molecule has 0 spiro atoms. The summed E-state index contributed by atoms with van der Waals surface area (Å²) in [6.07, 6.45) is 5.03. The molecule has 1 atom stereocenters. The normalized spacial score (nSPS) is 19.1. The minimum Gasteiger partial charge on any atom is -0.393 e. The van der Waals surface area contributed by atoms with Gasteiger partial charge in [0.2, 0.25) is 0 Å². The van der Waals surface area contributed by atoms with Crippen LogP contribution in [0.4, 0.5) is 0 Å². The predicted octanol–water partition coefficient (Wildman–Crippen LogP) is 2.38. The largest absolute Gasteiger partial charge is 0.393 e. The van der Waals surface area contributed by atoms with Gasteiger partial charge in [0, 0.05) is 13.1 Å². The van der Waals surface area contributed by atoms with Gasteiger partial charge in [0.15, 0.2) is 0 Å². The van der Waals surface area contributed by atoms with Gasteiger partial charge in [-0.3, -0.25) is 0 Å². The smallest absolute Gasteiger partial charge is 0.0546 e. The molecule has 1 fully saturated rings. The maximum absolute atomic E-state index is 10.0. The maximum Gasteiger partial charge on any atom is 0.0546 e. The molecule has 2 rings (SSSR count). The number of hydrogen-bond donors (Lipinski definition) is 1. The average molecular weight is 232 g/mol. The molecule has 1 aliphatic heterocycles. The summed E-state index contributed by atoms with van der Waals surface area (Å²) in [7, 11) is 0. The van der Waals surface area contributed by atoms with Crippen LogP contribution in [0.2, 0.25) is 0 Å². The first kappa shape index (κ1) is 12.6. The molecular formula is C15H22NO. The van der Waals surface area contributed by atoms with Gasteiger partial charge in [-0.25, -0.2) is 5.32 Å². The summed E-state index contributed by atoms with van der Waals surface area (Å²) in [5.41, 5.74) is 1.32. The first-order chi connectivity index (χ1) is 8.34. The number of piperidine rings is 1. The molecule has 1 unspecified atom stereocenters. The lowest BCUT2D eigenvalue weighted by atomic mass is 9.90. The van der Waals surface area contributed by atoms with E-state index in [-0.39, 0.29) is 6.10 Å². The van der Waals surface area contributed by atoms with Crippen molar-refractivity contribution in [2.45, 2.75) is 38.2 Å². The lowest BCUT2D eigenvalue weighted by Gasteiger charge is -2.23. The summed E-state index contributed by atoms with van der Waals surface area (Å²) in [6.45, 7) is 1.99. The van der Waals surface area contributed by atoms with Crippen LogP contribution in [0, 0.1) is 5.92 Å². The van der Waals surface area contributed by atoms with Crippen molar-refractivity contribution in [1.29, 1.82) is 0 Å². The van der Waals surface area contributed by atoms with Crippen molar-refractivity contribution in [2.24, 2.45) is 5.92 Å². The van der Waals surface area contributed by atoms with Crippen LogP contribution in [0.15, 0.2) is 30.3 Å². The van der Waals surface area contributed by atoms with E-state index in [1.54, 1.807) is 0 Å². The Morgan fingerprint density at radius 2 is 1.88 bits per heavy atom. The van der Waals surface area contributed by atoms with E-state index in [9.17, 15) is 5.11 Å². The number of nitrogens with zero attached hydrogens (tertiary/aromatic N) is 1. The summed E-state index contributed by atoms with van der Waals surface area (Å²) in [6, 6.07) is 10.4. The van der Waals surface area contributed by atoms with E-state index < -0.39 is 0 Å². The molecule has 0 bridgehead atoms. The van der Waals surface area contributed by atoms with Crippen molar-refractivity contribution in [3.8, 4) is 0 Å². The molecule has 0 amide bonds. The van der Waals surface area contributed by atoms with Gasteiger partial charge in [-0.05, 0) is 43.6 Å². The first-order valence-electron chi connectivity index (χ1n) is 6.70. The Kier molecular flexibility index (Phi) is 5.02. The average Bonchev–Trinajstić information content (AvgIpc) is 2.39. The van der Waals surface area contributed by atoms with E-state index in [2.05, 4.69) is 29.6 Å². The van der Waals surface area contributed by atoms with E-state index in [0.717, 1.165) is 32.4 Å². The molecule has 1 aliphatic rings. The third-order valence-electron chi connectivity index (χ3n) is 3.61. The lowest BCUT2D eigenvalue weighted by Crippen LogP contribution is -2.25. The highest BCUT2D eigenvalue weighted by Gasteiger charge is 2.17. The third kappa shape index (κ3) is 4.49. The number of aryl methyl sites for hydroxylation is 1. The molecule has 1 radical (unpaired) electrons. The van der Waals surface area contributed by atoms with Gasteiger partial charge in [0.25, 0.3) is 0 Å². The molecule has 17 heavy (non-hydrogen) atoms. The molecule has 2 heteroatoms. The third-order valence-corrected chi connectivity index (χ3v) is 3.61. The fourth-order valence-electron chi connectivity index (χ4n) is 2.52. The fourth-order valence-corrected chi connectivity index (χ4v) is 2.52. The van der Waals surface area contributed by atoms with Gasteiger partial charge in [0.1, 0.15) is 0 Å². The van der Waals surface area contributed by atoms with Crippen molar-refractivity contribution in [3.05, 3.63) is 35.9 Å². The van der Waals surface area contributed by atoms with Gasteiger partial charge in [-0.15, -0.1) is 0 Å². The van der Waals surface area contributed by atoms with Crippen LogP contribution >= 0.6 is 0 Å². The molecule has 0 aromatic heterocycles. The zero-order valence-electron chi connectivity index (χ0n) is 10.4. The van der Waals surface area contributed by atoms with Crippen molar-refractivity contribution >= 4 is 0 Å². The maximum atomic E-state index is 10.0. The van der Waals surface area contributed by atoms with Crippen molar-refractivity contribution in [2.75, 3.05) is 13.1 Å². The summed E-state index contributed by atoms with van der Waals surface area (Å²) in [5, 5.41) is 14.4. The quantitative estimate of drug-likeness (QED) is 0.831. The summed E-state index contributed by atoms with van der Waals surface area (Å²) < 4.78 is 0. The van der Waals surface area contributed by atoms with Crippen LogP contribution in [0.3, 0.4) is 0 Å². The Hall–Kier alpha value is -0.860. The minimum atomic E-state index is -0.140. The molecule has 0 saturated carbocycles. The summed E-state index contributed by atoms with van der Waals surface area (Å²) in [5.74, 6) is 0.693. The van der Waals surface area contributed by atoms with Crippen molar-refractivity contribution < 1.29 is 5.11 Å². The van der Waals surface area contributed by atoms with E-state index in [4.69, 9.17) is 0 Å². The second-order valence-corrected chi connectivity index (χ2v) is 5.03. The van der Waals surface area contributed by atoms with E-state index in [0.29, 0.717) is 5.92 Å². The Balaban J connectivity index is 1.68. The predicted molar refractivity (Wildman–Crippen MR) is 70.0 cm³/mol. The number of hydrogen-bond acceptors (Lipinski definition) is 1. The molecule has 1 saturated heterocycles. The standard InChI is InChI=1S/C15H22NO/c17-15(12-14-8-10-16-11-9-14)7-6-13-4-2-1-3-5-13/h1-5,14-15,17H,6-12H2. The second kappa shape index (κ2) is 6.77. The minimum absolute atomic E-state index is 0.140. The zero-order valence-corrected chi connectivity index (χ0v) is 10.4. The molecule has 1 aromatic carbocycles. The van der Waals surface area contributed by atoms with Crippen LogP contribution in [0.1, 0.15) is 31.2 Å². The van der Waals surface area contributed by atoms with Crippen LogP contribution in [0.5, 0.6) is 0 Å². The van der Waals surface area contributed by atoms with Crippen LogP contribution < -0.4 is 5.32 Å². The molecule has 0 aliphatic carbocycles. The van der Waals surface area contributed by atoms with E-state index in [1.165, 1.54) is 18.4 Å². The monoisotopic (exact) mass is 232 g/mol. The molecule has 1 aromatic rings. The van der Waals surface area contributed by atoms with Crippen LogP contribution in [-0.2, 0) is 6.42 Å². The van der Waals surface area contributed by atoms with E-state index >= 15 is 0 Å². The highest BCUT2D eigenvalue weighted by atomic mass is 16.3. The second-order valence-electron chi connectivity index (χ2n) is 5.03. The highest BCUT2D eigenvalue weighted by Crippen LogP contribution is 2.20. The molecule has 1 N–H and O–H groups in total. The summed E-state index contributed by atoms with van der Waals surface area (Å²) >= 11 is 0. The summed E-state index contributed by atoms with van der Waals surface area (Å²) in [4.78, 5) is 0. The van der Waals surface area contributed by atoms with Crippen LogP contribution in [-0.4, -0.2) is 24.3 Å². The Labute approximate surface area is 104 Å². The highest BCUT2D eigenvalue weighted by molar-refractivity contribution is 5.14. The molecule has 2 nitrogen and oxygen atoms in total. The first-order valence-corrected chi connectivity index (χ1v) is 6.70. The fraction of sp³-hybridized carbons (Fsp3) is 0.600. The molecular weight excluding hydrogens is 210 g/mol. The van der Waals surface area contributed by atoms with Gasteiger partial charge in [-0.1, -0.05) is 30.3 Å². The Morgan fingerprint density at radius 1 is 1.18 bits per heavy atom. The van der Waals surface area contributed by atoms with E-state index in [1.807, 2.05) is 6.07 Å². The van der Waals surface area contributed by atoms with Gasteiger partial charge in [-0.2, -0.15) is 0 Å². The van der Waals surface area contributed by atoms with Crippen molar-refractivity contribution in [3.63, 3.8) is 0 Å².